The van der Waals surface area contributed by atoms with E-state index in [-0.39, 0.29) is 0 Å². The van der Waals surface area contributed by atoms with Crippen LogP contribution in [-0.4, -0.2) is 22.9 Å². The molecule has 3 nitrogen and oxygen atoms in total. The molecule has 1 aliphatic rings. The average molecular weight is 271 g/mol. The number of nitrogens with zero attached hydrogens (tertiary/aromatic N) is 2. The molecule has 1 aromatic carbocycles. The van der Waals surface area contributed by atoms with Gasteiger partial charge in [0.25, 0.3) is 0 Å². The number of hydrogen-bond donors (Lipinski definition) is 1. The van der Waals surface area contributed by atoms with Crippen LogP contribution >= 0.6 is 0 Å². The number of nitrogens with one attached hydrogen (secondary N) is 1. The quantitative estimate of drug-likeness (QED) is 0.874. The van der Waals surface area contributed by atoms with Crippen molar-refractivity contribution in [2.75, 3.05) is 13.1 Å². The molecule has 0 spiro atoms. The first kappa shape index (κ1) is 13.6. The van der Waals surface area contributed by atoms with Gasteiger partial charge in [0.1, 0.15) is 0 Å². The zero-order valence-corrected chi connectivity index (χ0v) is 12.8. The van der Waals surface area contributed by atoms with Crippen molar-refractivity contribution in [3.63, 3.8) is 0 Å². The molecule has 0 aliphatic heterocycles. The molecule has 1 atom stereocenters. The zero-order valence-electron chi connectivity index (χ0n) is 12.8. The van der Waals surface area contributed by atoms with Gasteiger partial charge in [0.05, 0.1) is 11.2 Å². The minimum Gasteiger partial charge on any atom is -0.316 e. The fraction of sp³-hybridized carbons (Fsp3) is 0.588. The lowest BCUT2D eigenvalue weighted by Crippen LogP contribution is -2.35. The van der Waals surface area contributed by atoms with Gasteiger partial charge in [0, 0.05) is 19.0 Å². The summed E-state index contributed by atoms with van der Waals surface area (Å²) in [4.78, 5) is 0. The SMILES string of the molecule is CCNCC(C)(Cc1nn(C)c2ccccc12)C1CC1. The van der Waals surface area contributed by atoms with Crippen molar-refractivity contribution in [3.05, 3.63) is 30.0 Å². The molecule has 1 aliphatic carbocycles. The van der Waals surface area contributed by atoms with Crippen LogP contribution in [0.3, 0.4) is 0 Å². The number of rotatable bonds is 6. The van der Waals surface area contributed by atoms with Crippen LogP contribution in [0.15, 0.2) is 24.3 Å². The highest BCUT2D eigenvalue weighted by atomic mass is 15.3. The van der Waals surface area contributed by atoms with Crippen molar-refractivity contribution in [2.24, 2.45) is 18.4 Å². The Morgan fingerprint density at radius 2 is 2.10 bits per heavy atom. The summed E-state index contributed by atoms with van der Waals surface area (Å²) in [6, 6.07) is 8.57. The molecule has 3 rings (SSSR count). The average Bonchev–Trinajstić information content (AvgIpc) is 3.26. The van der Waals surface area contributed by atoms with Crippen molar-refractivity contribution in [1.82, 2.24) is 15.1 Å². The lowest BCUT2D eigenvalue weighted by molar-refractivity contribution is 0.255. The molecule has 20 heavy (non-hydrogen) atoms. The third-order valence-corrected chi connectivity index (χ3v) is 4.75. The van der Waals surface area contributed by atoms with E-state index in [1.807, 2.05) is 11.7 Å². The van der Waals surface area contributed by atoms with Crippen molar-refractivity contribution in [3.8, 4) is 0 Å². The van der Waals surface area contributed by atoms with Crippen molar-refractivity contribution in [1.29, 1.82) is 0 Å². The number of aromatic nitrogens is 2. The minimum absolute atomic E-state index is 0.340. The van der Waals surface area contributed by atoms with Crippen LogP contribution in [0.1, 0.15) is 32.4 Å². The van der Waals surface area contributed by atoms with Crippen LogP contribution in [0.2, 0.25) is 0 Å². The molecule has 0 radical (unpaired) electrons. The van der Waals surface area contributed by atoms with Crippen LogP contribution in [0, 0.1) is 11.3 Å². The zero-order chi connectivity index (χ0) is 14.2. The van der Waals surface area contributed by atoms with Crippen LogP contribution in [0.5, 0.6) is 0 Å². The van der Waals surface area contributed by atoms with Gasteiger partial charge in [-0.15, -0.1) is 0 Å². The summed E-state index contributed by atoms with van der Waals surface area (Å²) < 4.78 is 2.02. The maximum Gasteiger partial charge on any atom is 0.0709 e. The van der Waals surface area contributed by atoms with Crippen molar-refractivity contribution in [2.45, 2.75) is 33.1 Å². The molecule has 0 bridgehead atoms. The van der Waals surface area contributed by atoms with Crippen LogP contribution in [0.4, 0.5) is 0 Å². The van der Waals surface area contributed by atoms with E-state index in [0.717, 1.165) is 25.4 Å². The third-order valence-electron chi connectivity index (χ3n) is 4.75. The molecule has 2 aromatic rings. The van der Waals surface area contributed by atoms with Gasteiger partial charge < -0.3 is 5.32 Å². The molecular weight excluding hydrogens is 246 g/mol. The molecule has 0 amide bonds. The van der Waals surface area contributed by atoms with Crippen LogP contribution in [0.25, 0.3) is 10.9 Å². The van der Waals surface area contributed by atoms with Crippen molar-refractivity contribution >= 4 is 10.9 Å². The molecule has 1 heterocycles. The minimum atomic E-state index is 0.340. The van der Waals surface area contributed by atoms with Gasteiger partial charge in [-0.2, -0.15) is 5.10 Å². The number of benzene rings is 1. The van der Waals surface area contributed by atoms with Gasteiger partial charge in [-0.05, 0) is 43.2 Å². The fourth-order valence-corrected chi connectivity index (χ4v) is 3.34. The predicted octanol–water partition coefficient (Wildman–Crippen LogP) is 3.14. The summed E-state index contributed by atoms with van der Waals surface area (Å²) in [5.74, 6) is 0.863. The van der Waals surface area contributed by atoms with E-state index < -0.39 is 0 Å². The van der Waals surface area contributed by atoms with E-state index in [2.05, 4.69) is 43.4 Å². The van der Waals surface area contributed by atoms with Gasteiger partial charge in [0.2, 0.25) is 0 Å². The highest BCUT2D eigenvalue weighted by molar-refractivity contribution is 5.81. The monoisotopic (exact) mass is 271 g/mol. The first-order valence-corrected chi connectivity index (χ1v) is 7.75. The summed E-state index contributed by atoms with van der Waals surface area (Å²) in [6.07, 6.45) is 3.84. The molecule has 108 valence electrons. The molecule has 1 unspecified atom stereocenters. The summed E-state index contributed by atoms with van der Waals surface area (Å²) in [7, 11) is 2.05. The lowest BCUT2D eigenvalue weighted by atomic mass is 9.79. The summed E-state index contributed by atoms with van der Waals surface area (Å²) in [5.41, 5.74) is 2.84. The second kappa shape index (κ2) is 5.21. The van der Waals surface area contributed by atoms with Gasteiger partial charge in [0.15, 0.2) is 0 Å². The first-order valence-electron chi connectivity index (χ1n) is 7.75. The molecule has 1 saturated carbocycles. The third kappa shape index (κ3) is 2.47. The van der Waals surface area contributed by atoms with E-state index in [1.54, 1.807) is 0 Å². The maximum atomic E-state index is 4.78. The molecule has 1 aromatic heterocycles. The number of aryl methyl sites for hydroxylation is 1. The van der Waals surface area contributed by atoms with E-state index in [0.29, 0.717) is 5.41 Å². The maximum absolute atomic E-state index is 4.78. The smallest absolute Gasteiger partial charge is 0.0709 e. The Morgan fingerprint density at radius 1 is 1.35 bits per heavy atom. The van der Waals surface area contributed by atoms with Gasteiger partial charge in [-0.25, -0.2) is 0 Å². The normalized spacial score (nSPS) is 18.4. The van der Waals surface area contributed by atoms with Gasteiger partial charge in [-0.3, -0.25) is 4.68 Å². The highest BCUT2D eigenvalue weighted by Gasteiger charge is 2.41. The fourth-order valence-electron chi connectivity index (χ4n) is 3.34. The molecule has 1 N–H and O–H groups in total. The molecule has 1 fully saturated rings. The highest BCUT2D eigenvalue weighted by Crippen LogP contribution is 2.47. The number of hydrogen-bond acceptors (Lipinski definition) is 2. The standard InChI is InChI=1S/C17H25N3/c1-4-18-12-17(2,13-9-10-13)11-15-14-7-5-6-8-16(14)20(3)19-15/h5-8,13,18H,4,9-12H2,1-3H3. The summed E-state index contributed by atoms with van der Waals surface area (Å²) >= 11 is 0. The van der Waals surface area contributed by atoms with E-state index in [9.17, 15) is 0 Å². The lowest BCUT2D eigenvalue weighted by Gasteiger charge is -2.29. The predicted molar refractivity (Wildman–Crippen MR) is 83.8 cm³/mol. The Hall–Kier alpha value is -1.35. The van der Waals surface area contributed by atoms with E-state index in [4.69, 9.17) is 5.10 Å². The summed E-state index contributed by atoms with van der Waals surface area (Å²) in [5, 5.41) is 9.65. The van der Waals surface area contributed by atoms with Gasteiger partial charge in [-0.1, -0.05) is 32.0 Å². The van der Waals surface area contributed by atoms with Crippen LogP contribution < -0.4 is 5.32 Å². The Balaban J connectivity index is 1.90. The summed E-state index contributed by atoms with van der Waals surface area (Å²) in [6.45, 7) is 6.75. The van der Waals surface area contributed by atoms with E-state index >= 15 is 0 Å². The second-order valence-electron chi connectivity index (χ2n) is 6.47. The number of para-hydroxylation sites is 1. The molecule has 0 saturated heterocycles. The first-order chi connectivity index (χ1) is 9.64. The largest absolute Gasteiger partial charge is 0.316 e. The van der Waals surface area contributed by atoms with Crippen molar-refractivity contribution < 1.29 is 0 Å². The Labute approximate surface area is 121 Å². The molecule has 3 heteroatoms. The topological polar surface area (TPSA) is 29.9 Å². The Kier molecular flexibility index (Phi) is 3.55. The number of fused-ring (bicyclic) bond motifs is 1. The Bertz CT molecular complexity index is 597. The van der Waals surface area contributed by atoms with Gasteiger partial charge >= 0.3 is 0 Å². The Morgan fingerprint density at radius 3 is 2.80 bits per heavy atom. The van der Waals surface area contributed by atoms with E-state index in [1.165, 1.54) is 29.4 Å². The van der Waals surface area contributed by atoms with Crippen LogP contribution in [-0.2, 0) is 13.5 Å². The second-order valence-corrected chi connectivity index (χ2v) is 6.47. The molecular formula is C17H25N3.